The van der Waals surface area contributed by atoms with Crippen molar-refractivity contribution in [2.75, 3.05) is 26.8 Å². The molecule has 3 heterocycles. The molecule has 1 N–H and O–H groups in total. The summed E-state index contributed by atoms with van der Waals surface area (Å²) < 4.78 is 19.4. The highest BCUT2D eigenvalue weighted by Crippen LogP contribution is 2.29. The maximum Gasteiger partial charge on any atom is 0.228 e. The van der Waals surface area contributed by atoms with Crippen molar-refractivity contribution < 1.29 is 14.2 Å². The predicted octanol–water partition coefficient (Wildman–Crippen LogP) is 5.07. The van der Waals surface area contributed by atoms with E-state index < -0.39 is 6.29 Å². The fourth-order valence-electron chi connectivity index (χ4n) is 4.66. The summed E-state index contributed by atoms with van der Waals surface area (Å²) in [6, 6.07) is 18.6. The lowest BCUT2D eigenvalue weighted by atomic mass is 9.90. The Morgan fingerprint density at radius 3 is 2.71 bits per heavy atom. The Labute approximate surface area is 206 Å². The number of ether oxygens (including phenoxy) is 3. The molecule has 0 amide bonds. The highest BCUT2D eigenvalue weighted by Gasteiger charge is 2.17. The molecule has 1 atom stereocenters. The largest absolute Gasteiger partial charge is 0.481 e. The number of hydrogen-bond donors (Lipinski definition) is 1. The van der Waals surface area contributed by atoms with Crippen molar-refractivity contribution >= 4 is 11.0 Å². The van der Waals surface area contributed by atoms with Gasteiger partial charge in [0, 0.05) is 31.0 Å². The Bertz CT molecular complexity index is 1250. The first-order chi connectivity index (χ1) is 17.2. The van der Waals surface area contributed by atoms with E-state index in [-0.39, 0.29) is 0 Å². The Morgan fingerprint density at radius 2 is 1.94 bits per heavy atom. The van der Waals surface area contributed by atoms with E-state index in [0.29, 0.717) is 24.9 Å². The molecule has 2 aromatic heterocycles. The van der Waals surface area contributed by atoms with Crippen molar-refractivity contribution in [1.29, 1.82) is 0 Å². The first-order valence-electron chi connectivity index (χ1n) is 12.3. The minimum absolute atomic E-state index is 0.525. The number of benzene rings is 2. The van der Waals surface area contributed by atoms with Gasteiger partial charge in [-0.25, -0.2) is 9.97 Å². The number of hydrogen-bond acceptors (Lipinski definition) is 6. The van der Waals surface area contributed by atoms with Crippen molar-refractivity contribution in [2.24, 2.45) is 0 Å². The zero-order valence-electron chi connectivity index (χ0n) is 20.3. The van der Waals surface area contributed by atoms with Gasteiger partial charge in [-0.3, -0.25) is 0 Å². The summed E-state index contributed by atoms with van der Waals surface area (Å²) in [6.45, 7) is 5.37. The number of piperidine rings is 1. The summed E-state index contributed by atoms with van der Waals surface area (Å²) >= 11 is 0. The minimum atomic E-state index is -0.545. The van der Waals surface area contributed by atoms with Crippen LogP contribution in [0.4, 0.5) is 0 Å². The van der Waals surface area contributed by atoms with Crippen molar-refractivity contribution in [2.45, 2.75) is 38.5 Å². The van der Waals surface area contributed by atoms with Gasteiger partial charge in [0.1, 0.15) is 5.75 Å². The van der Waals surface area contributed by atoms with Gasteiger partial charge < -0.3 is 24.1 Å². The van der Waals surface area contributed by atoms with Crippen LogP contribution in [0.2, 0.25) is 0 Å². The second kappa shape index (κ2) is 10.9. The van der Waals surface area contributed by atoms with Crippen molar-refractivity contribution in [3.05, 3.63) is 83.8 Å². The third-order valence-electron chi connectivity index (χ3n) is 6.51. The molecular formula is C28H32N4O3. The zero-order valence-corrected chi connectivity index (χ0v) is 20.3. The number of rotatable bonds is 9. The van der Waals surface area contributed by atoms with Gasteiger partial charge in [0.05, 0.1) is 24.5 Å². The van der Waals surface area contributed by atoms with Crippen LogP contribution >= 0.6 is 0 Å². The number of fused-ring (bicyclic) bond motifs is 1. The maximum absolute atomic E-state index is 6.21. The Morgan fingerprint density at radius 1 is 1.06 bits per heavy atom. The molecule has 5 rings (SSSR count). The monoisotopic (exact) mass is 472 g/mol. The number of pyridine rings is 1. The molecule has 1 unspecified atom stereocenters. The summed E-state index contributed by atoms with van der Waals surface area (Å²) in [5.74, 6) is 1.93. The fourth-order valence-corrected chi connectivity index (χ4v) is 4.66. The molecule has 2 aromatic carbocycles. The fraction of sp³-hybridized carbons (Fsp3) is 0.357. The van der Waals surface area contributed by atoms with E-state index in [0.717, 1.165) is 41.0 Å². The van der Waals surface area contributed by atoms with Crippen LogP contribution in [0, 0.1) is 0 Å². The van der Waals surface area contributed by atoms with Crippen LogP contribution in [0.3, 0.4) is 0 Å². The van der Waals surface area contributed by atoms with Crippen LogP contribution < -0.4 is 14.8 Å². The Hall–Kier alpha value is -3.42. The standard InChI is InChI=1S/C28H32N4O3/c1-3-34-28(23-8-10-27(33-2)30-17-23)35-24-6-4-5-20(15-24)18-32-19-31-25-16-22(7-9-26(25)32)21-11-13-29-14-12-21/h4-10,15-17,19,21,28-29H,3,11-14,18H2,1-2H3. The lowest BCUT2D eigenvalue weighted by Crippen LogP contribution is -2.26. The van der Waals surface area contributed by atoms with E-state index in [1.165, 1.54) is 18.4 Å². The Balaban J connectivity index is 1.31. The smallest absolute Gasteiger partial charge is 0.228 e. The van der Waals surface area contributed by atoms with Crippen LogP contribution in [-0.4, -0.2) is 41.3 Å². The summed E-state index contributed by atoms with van der Waals surface area (Å²) in [4.78, 5) is 8.98. The topological polar surface area (TPSA) is 70.4 Å². The normalized spacial score (nSPS) is 15.3. The van der Waals surface area contributed by atoms with Crippen LogP contribution in [-0.2, 0) is 11.3 Å². The molecule has 0 saturated carbocycles. The van der Waals surface area contributed by atoms with E-state index in [4.69, 9.17) is 19.2 Å². The van der Waals surface area contributed by atoms with Crippen molar-refractivity contribution in [1.82, 2.24) is 19.9 Å². The van der Waals surface area contributed by atoms with E-state index in [9.17, 15) is 0 Å². The molecule has 0 aliphatic carbocycles. The lowest BCUT2D eigenvalue weighted by molar-refractivity contribution is -0.0788. The zero-order chi connectivity index (χ0) is 24.0. The highest BCUT2D eigenvalue weighted by atomic mass is 16.7. The van der Waals surface area contributed by atoms with Gasteiger partial charge in [-0.2, -0.15) is 0 Å². The third kappa shape index (κ3) is 5.47. The van der Waals surface area contributed by atoms with Crippen LogP contribution in [0.5, 0.6) is 11.6 Å². The first-order valence-corrected chi connectivity index (χ1v) is 12.3. The lowest BCUT2D eigenvalue weighted by Gasteiger charge is -2.22. The number of nitrogens with zero attached hydrogens (tertiary/aromatic N) is 3. The molecule has 1 aliphatic heterocycles. The predicted molar refractivity (Wildman–Crippen MR) is 136 cm³/mol. The second-order valence-corrected chi connectivity index (χ2v) is 8.83. The van der Waals surface area contributed by atoms with Gasteiger partial charge in [0.2, 0.25) is 12.2 Å². The molecule has 182 valence electrons. The maximum atomic E-state index is 6.21. The van der Waals surface area contributed by atoms with Gasteiger partial charge in [-0.1, -0.05) is 18.2 Å². The highest BCUT2D eigenvalue weighted by molar-refractivity contribution is 5.76. The molecule has 1 aliphatic rings. The Kier molecular flexibility index (Phi) is 7.25. The van der Waals surface area contributed by atoms with Gasteiger partial charge in [0.15, 0.2) is 0 Å². The minimum Gasteiger partial charge on any atom is -0.481 e. The quantitative estimate of drug-likeness (QED) is 0.343. The molecule has 1 fully saturated rings. The molecule has 0 radical (unpaired) electrons. The van der Waals surface area contributed by atoms with Crippen LogP contribution in [0.1, 0.15) is 48.7 Å². The SMILES string of the molecule is CCOC(Oc1cccc(Cn2cnc3cc(C4CCNCC4)ccc32)c1)c1ccc(OC)nc1. The van der Waals surface area contributed by atoms with E-state index in [1.54, 1.807) is 13.3 Å². The molecular weight excluding hydrogens is 440 g/mol. The van der Waals surface area contributed by atoms with Gasteiger partial charge >= 0.3 is 0 Å². The van der Waals surface area contributed by atoms with Crippen LogP contribution in [0.15, 0.2) is 67.1 Å². The average molecular weight is 473 g/mol. The summed E-state index contributed by atoms with van der Waals surface area (Å²) in [5, 5.41) is 3.44. The number of imidazole rings is 1. The first kappa shape index (κ1) is 23.3. The van der Waals surface area contributed by atoms with E-state index in [2.05, 4.69) is 45.2 Å². The molecule has 1 saturated heterocycles. The molecule has 0 spiro atoms. The third-order valence-corrected chi connectivity index (χ3v) is 6.51. The van der Waals surface area contributed by atoms with Crippen molar-refractivity contribution in [3.8, 4) is 11.6 Å². The van der Waals surface area contributed by atoms with Gasteiger partial charge in [0.25, 0.3) is 0 Å². The molecule has 35 heavy (non-hydrogen) atoms. The van der Waals surface area contributed by atoms with E-state index in [1.807, 2.05) is 37.5 Å². The van der Waals surface area contributed by atoms with Gasteiger partial charge in [-0.15, -0.1) is 0 Å². The van der Waals surface area contributed by atoms with Crippen molar-refractivity contribution in [3.63, 3.8) is 0 Å². The van der Waals surface area contributed by atoms with E-state index >= 15 is 0 Å². The molecule has 7 heteroatoms. The summed E-state index contributed by atoms with van der Waals surface area (Å²) in [5.41, 5.74) is 5.56. The number of methoxy groups -OCH3 is 1. The summed E-state index contributed by atoms with van der Waals surface area (Å²) in [6.07, 6.45) is 5.48. The van der Waals surface area contributed by atoms with Crippen LogP contribution in [0.25, 0.3) is 11.0 Å². The number of nitrogens with one attached hydrogen (secondary N) is 1. The van der Waals surface area contributed by atoms with Gasteiger partial charge in [-0.05, 0) is 80.2 Å². The second-order valence-electron chi connectivity index (χ2n) is 8.83. The molecule has 7 nitrogen and oxygen atoms in total. The summed E-state index contributed by atoms with van der Waals surface area (Å²) in [7, 11) is 1.60. The molecule has 4 aromatic rings. The average Bonchev–Trinajstić information content (AvgIpc) is 3.31. The molecule has 0 bridgehead atoms. The number of aromatic nitrogens is 3.